The lowest BCUT2D eigenvalue weighted by atomic mass is 9.88. The molecule has 8 aliphatic carbocycles. The monoisotopic (exact) mass is 965 g/mol. The van der Waals surface area contributed by atoms with Crippen molar-refractivity contribution >= 4 is 23.4 Å². The average molecular weight is 966 g/mol. The van der Waals surface area contributed by atoms with Crippen LogP contribution in [0.15, 0.2) is 0 Å². The Bertz CT molecular complexity index is 1310. The van der Waals surface area contributed by atoms with E-state index >= 15 is 0 Å². The molecule has 14 unspecified atom stereocenters. The van der Waals surface area contributed by atoms with Crippen molar-refractivity contribution in [1.82, 2.24) is 0 Å². The maximum absolute atomic E-state index is 12.3. The minimum Gasteiger partial charge on any atom is -0.481 e. The molecule has 0 radical (unpaired) electrons. The van der Waals surface area contributed by atoms with Gasteiger partial charge in [-0.25, -0.2) is 4.39 Å². The molecule has 3 nitrogen and oxygen atoms in total. The molecule has 8 fully saturated rings. The molecule has 0 spiro atoms. The van der Waals surface area contributed by atoms with Crippen LogP contribution >= 0.6 is 11.6 Å². The quantitative estimate of drug-likeness (QED) is 0.281. The number of halogens is 2. The van der Waals surface area contributed by atoms with Crippen LogP contribution in [0.2, 0.25) is 0 Å². The Morgan fingerprint density at radius 1 is 0.403 bits per heavy atom. The second-order valence-corrected chi connectivity index (χ2v) is 32.8. The number of Topliss-reactive ketones (excluding diaryl/α,β-unsaturated/α-hetero) is 1. The van der Waals surface area contributed by atoms with Crippen LogP contribution in [0, 0.1) is 120 Å². The summed E-state index contributed by atoms with van der Waals surface area (Å²) < 4.78 is 12.3. The summed E-state index contributed by atoms with van der Waals surface area (Å²) in [6.07, 6.45) is 10.9. The fourth-order valence-electron chi connectivity index (χ4n) is 10.7. The summed E-state index contributed by atoms with van der Waals surface area (Å²) in [4.78, 5) is 21.3. The van der Waals surface area contributed by atoms with Gasteiger partial charge in [0.1, 0.15) is 12.0 Å². The van der Waals surface area contributed by atoms with E-state index in [2.05, 4.69) is 187 Å². The molecule has 0 aromatic carbocycles. The number of carboxylic acid groups (broad SMARTS) is 1. The van der Waals surface area contributed by atoms with Crippen molar-refractivity contribution in [3.05, 3.63) is 0 Å². The van der Waals surface area contributed by atoms with Crippen molar-refractivity contribution in [2.45, 2.75) is 263 Å². The van der Waals surface area contributed by atoms with Crippen LogP contribution in [0.4, 0.5) is 4.39 Å². The zero-order valence-corrected chi connectivity index (χ0v) is 50.8. The molecule has 0 bridgehead atoms. The molecule has 8 rings (SSSR count). The van der Waals surface area contributed by atoms with Crippen LogP contribution in [0.5, 0.6) is 0 Å². The van der Waals surface area contributed by atoms with Crippen LogP contribution in [0.25, 0.3) is 0 Å². The Morgan fingerprint density at radius 2 is 0.642 bits per heavy atom. The number of carbonyl (C=O) groups excluding carboxylic acids is 1. The number of hydrogen-bond donors (Lipinski definition) is 1. The molecule has 0 heterocycles. The molecule has 398 valence electrons. The molecular weight excluding hydrogens is 847 g/mol. The van der Waals surface area contributed by atoms with E-state index in [-0.39, 0.29) is 16.7 Å². The average Bonchev–Trinajstić information content (AvgIpc) is 3.85. The number of carboxylic acids is 1. The summed E-state index contributed by atoms with van der Waals surface area (Å²) in [6.45, 7) is 62.7. The van der Waals surface area contributed by atoms with Crippen molar-refractivity contribution in [3.8, 4) is 0 Å². The second kappa shape index (κ2) is 23.5. The highest BCUT2D eigenvalue weighted by Gasteiger charge is 2.50. The lowest BCUT2D eigenvalue weighted by Crippen LogP contribution is -2.12. The topological polar surface area (TPSA) is 54.4 Å². The summed E-state index contributed by atoms with van der Waals surface area (Å²) >= 11 is 5.84. The van der Waals surface area contributed by atoms with Crippen LogP contribution < -0.4 is 0 Å². The van der Waals surface area contributed by atoms with Gasteiger partial charge in [0.05, 0.1) is 5.92 Å². The largest absolute Gasteiger partial charge is 0.481 e. The zero-order valence-electron chi connectivity index (χ0n) is 50.0. The molecule has 8 aliphatic rings. The summed E-state index contributed by atoms with van der Waals surface area (Å²) in [6, 6.07) is 0. The zero-order chi connectivity index (χ0) is 53.2. The van der Waals surface area contributed by atoms with Gasteiger partial charge in [-0.3, -0.25) is 9.59 Å². The van der Waals surface area contributed by atoms with Crippen molar-refractivity contribution in [2.24, 2.45) is 120 Å². The molecule has 0 aliphatic heterocycles. The van der Waals surface area contributed by atoms with Gasteiger partial charge in [-0.15, -0.1) is 11.6 Å². The third kappa shape index (κ3) is 26.1. The van der Waals surface area contributed by atoms with Gasteiger partial charge in [0.25, 0.3) is 0 Å². The van der Waals surface area contributed by atoms with Gasteiger partial charge in [-0.05, 0) is 173 Å². The number of carbonyl (C=O) groups is 2. The molecule has 67 heavy (non-hydrogen) atoms. The van der Waals surface area contributed by atoms with Crippen molar-refractivity contribution in [1.29, 1.82) is 0 Å². The summed E-state index contributed by atoms with van der Waals surface area (Å²) in [5.74, 6) is 9.40. The predicted molar refractivity (Wildman–Crippen MR) is 292 cm³/mol. The van der Waals surface area contributed by atoms with Crippen LogP contribution in [0.3, 0.4) is 0 Å². The van der Waals surface area contributed by atoms with Gasteiger partial charge >= 0.3 is 5.97 Å². The predicted octanol–water partition coefficient (Wildman–Crippen LogP) is 19.6. The number of hydrogen-bond acceptors (Lipinski definition) is 2. The third-order valence-corrected chi connectivity index (χ3v) is 17.2. The standard InChI is InChI=1S/C9H16O.C8H14O2.3C8H16.C7H13Cl.C7H13F.C7H14/c1-6(10)7-5-8(7)9(2,3)4;1-8(2,3)6-4-5(6)7(9)10;3*1-6-5-7(6)8(2,3)4;2*1-7(2,3)5-4-6(5)8;1-7(2,3)6-4-5-6/h7-8H,5H2,1-4H3;5-6H,4H2,1-3H3,(H,9,10);3*6-7H,5H2,1-4H3;2*5-6H,4H2,1-3H3;6H,4-5H2,1-3H3. The van der Waals surface area contributed by atoms with E-state index in [1.807, 2.05) is 0 Å². The molecular formula is C62H118ClFO3. The van der Waals surface area contributed by atoms with Gasteiger partial charge in [0, 0.05) is 11.3 Å². The molecule has 0 saturated heterocycles. The lowest BCUT2D eigenvalue weighted by Gasteiger charge is -2.17. The molecule has 0 aromatic rings. The minimum absolute atomic E-state index is 0.0556. The fraction of sp³-hybridized carbons (Fsp3) is 0.968. The normalized spacial score (nSPS) is 34.3. The summed E-state index contributed by atoms with van der Waals surface area (Å²) in [7, 11) is 0. The maximum atomic E-state index is 12.3. The van der Waals surface area contributed by atoms with Gasteiger partial charge in [-0.1, -0.05) is 187 Å². The Labute approximate surface area is 424 Å². The third-order valence-electron chi connectivity index (χ3n) is 16.8. The minimum atomic E-state index is -0.625. The van der Waals surface area contributed by atoms with Crippen molar-refractivity contribution < 1.29 is 19.1 Å². The highest BCUT2D eigenvalue weighted by Crippen LogP contribution is 2.54. The highest BCUT2D eigenvalue weighted by atomic mass is 35.5. The van der Waals surface area contributed by atoms with E-state index in [1.165, 1.54) is 38.5 Å². The molecule has 8 saturated carbocycles. The maximum Gasteiger partial charge on any atom is 0.306 e. The molecule has 14 atom stereocenters. The van der Waals surface area contributed by atoms with E-state index in [0.717, 1.165) is 66.6 Å². The van der Waals surface area contributed by atoms with E-state index < -0.39 is 12.1 Å². The van der Waals surface area contributed by atoms with Gasteiger partial charge in [0.2, 0.25) is 0 Å². The summed E-state index contributed by atoms with van der Waals surface area (Å²) in [5, 5.41) is 9.07. The summed E-state index contributed by atoms with van der Waals surface area (Å²) in [5.41, 5.74) is 3.55. The van der Waals surface area contributed by atoms with E-state index in [0.29, 0.717) is 67.3 Å². The number of rotatable bonds is 2. The fourth-order valence-corrected chi connectivity index (χ4v) is 11.3. The molecule has 0 amide bonds. The first-order chi connectivity index (χ1) is 29.5. The molecule has 1 N–H and O–H groups in total. The van der Waals surface area contributed by atoms with Gasteiger partial charge in [-0.2, -0.15) is 0 Å². The van der Waals surface area contributed by atoms with Crippen molar-refractivity contribution in [2.75, 3.05) is 0 Å². The van der Waals surface area contributed by atoms with Crippen LogP contribution in [-0.2, 0) is 9.59 Å². The Kier molecular flexibility index (Phi) is 22.6. The van der Waals surface area contributed by atoms with Gasteiger partial charge in [0.15, 0.2) is 0 Å². The number of aliphatic carboxylic acids is 1. The molecule has 5 heteroatoms. The smallest absolute Gasteiger partial charge is 0.306 e. The second-order valence-electron chi connectivity index (χ2n) is 32.2. The first kappa shape index (κ1) is 64.4. The highest BCUT2D eigenvalue weighted by molar-refractivity contribution is 6.22. The first-order valence-electron chi connectivity index (χ1n) is 27.6. The van der Waals surface area contributed by atoms with Crippen LogP contribution in [0.1, 0.15) is 252 Å². The van der Waals surface area contributed by atoms with Crippen molar-refractivity contribution in [3.63, 3.8) is 0 Å². The lowest BCUT2D eigenvalue weighted by molar-refractivity contribution is -0.139. The van der Waals surface area contributed by atoms with Crippen LogP contribution in [-0.4, -0.2) is 28.4 Å². The first-order valence-corrected chi connectivity index (χ1v) is 28.0. The Balaban J connectivity index is 0.000000384. The Morgan fingerprint density at radius 3 is 0.672 bits per heavy atom. The number of ketones is 1. The van der Waals surface area contributed by atoms with E-state index in [1.54, 1.807) is 6.92 Å². The van der Waals surface area contributed by atoms with E-state index in [9.17, 15) is 14.0 Å². The molecule has 0 aromatic heterocycles. The van der Waals surface area contributed by atoms with Gasteiger partial charge < -0.3 is 5.11 Å². The Hall–Kier alpha value is -0.640. The SMILES string of the molecule is CC(=O)C1CC1C(C)(C)C.CC(C)(C)C1CC1.CC(C)(C)C1CC1C(=O)O.CC(C)(C)C1CC1Cl.CC(C)(C)C1CC1F.CC1CC1C(C)(C)C.CC1CC1C(C)(C)C.CC1CC1C(C)(C)C. The number of alkyl halides is 2. The van der Waals surface area contributed by atoms with E-state index in [4.69, 9.17) is 16.7 Å².